The Labute approximate surface area is 240 Å². The fourth-order valence-electron chi connectivity index (χ4n) is 4.85. The minimum atomic E-state index is -3.62. The molecule has 14 heteroatoms. The lowest BCUT2D eigenvalue weighted by molar-refractivity contribution is -0.108. The number of imidazole rings is 1. The summed E-state index contributed by atoms with van der Waals surface area (Å²) in [7, 11) is -3.62. The van der Waals surface area contributed by atoms with E-state index in [-0.39, 0.29) is 42.1 Å². The number of ether oxygens (including phenoxy) is 1. The average molecular weight is 589 g/mol. The van der Waals surface area contributed by atoms with Crippen LogP contribution in [0.4, 0.5) is 17.2 Å². The van der Waals surface area contributed by atoms with Crippen LogP contribution in [0, 0.1) is 0 Å². The fraction of sp³-hybridized carbons (Fsp3) is 0.556. The predicted octanol–water partition coefficient (Wildman–Crippen LogP) is 1.92. The molecule has 0 bridgehead atoms. The Morgan fingerprint density at radius 1 is 1.24 bits per heavy atom. The van der Waals surface area contributed by atoms with Gasteiger partial charge in [-0.25, -0.2) is 23.4 Å². The molecule has 4 rings (SSSR count). The summed E-state index contributed by atoms with van der Waals surface area (Å²) in [6.07, 6.45) is 3.14. The van der Waals surface area contributed by atoms with Crippen LogP contribution >= 0.6 is 0 Å². The highest BCUT2D eigenvalue weighted by Crippen LogP contribution is 2.33. The Kier molecular flexibility index (Phi) is 8.71. The van der Waals surface area contributed by atoms with Crippen LogP contribution in [0.1, 0.15) is 52.5 Å². The third-order valence-corrected chi connectivity index (χ3v) is 8.64. The molecule has 13 nitrogen and oxygen atoms in total. The average Bonchev–Trinajstić information content (AvgIpc) is 3.44. The first kappa shape index (κ1) is 30.8. The first-order valence-corrected chi connectivity index (χ1v) is 15.3. The maximum atomic E-state index is 12.6. The SMILES string of the molecule is CC(CCCCN(CC1OCC(O)(n2cnc3c(N)ncnc32)C1O)S(C)(=O)=O)=Nc1ccc(C(C)(C)C)cc1N. The molecule has 3 atom stereocenters. The van der Waals surface area contributed by atoms with E-state index in [9.17, 15) is 18.6 Å². The summed E-state index contributed by atoms with van der Waals surface area (Å²) in [4.78, 5) is 16.8. The predicted molar refractivity (Wildman–Crippen MR) is 158 cm³/mol. The Morgan fingerprint density at radius 3 is 2.63 bits per heavy atom. The molecule has 41 heavy (non-hydrogen) atoms. The normalized spacial score (nSPS) is 22.2. The van der Waals surface area contributed by atoms with Crippen molar-refractivity contribution in [3.05, 3.63) is 36.4 Å². The van der Waals surface area contributed by atoms with Crippen LogP contribution in [-0.4, -0.2) is 86.3 Å². The molecule has 0 radical (unpaired) electrons. The van der Waals surface area contributed by atoms with E-state index in [0.717, 1.165) is 17.5 Å². The Balaban J connectivity index is 1.37. The number of aliphatic hydroxyl groups excluding tert-OH is 1. The number of nitrogens with two attached hydrogens (primary N) is 2. The van der Waals surface area contributed by atoms with Crippen LogP contribution in [0.25, 0.3) is 11.2 Å². The van der Waals surface area contributed by atoms with E-state index in [4.69, 9.17) is 16.2 Å². The van der Waals surface area contributed by atoms with Crippen LogP contribution in [0.2, 0.25) is 0 Å². The molecule has 1 aliphatic rings. The van der Waals surface area contributed by atoms with Gasteiger partial charge in [0.15, 0.2) is 17.2 Å². The van der Waals surface area contributed by atoms with Crippen LogP contribution in [0.15, 0.2) is 35.8 Å². The van der Waals surface area contributed by atoms with E-state index in [0.29, 0.717) is 30.6 Å². The number of aliphatic hydroxyl groups is 2. The molecule has 1 aromatic carbocycles. The second-order valence-electron chi connectivity index (χ2n) is 11.7. The number of benzene rings is 1. The molecule has 0 amide bonds. The lowest BCUT2D eigenvalue weighted by Gasteiger charge is -2.29. The number of nitrogens with zero attached hydrogens (tertiary/aromatic N) is 6. The summed E-state index contributed by atoms with van der Waals surface area (Å²) in [5.74, 6) is 0.132. The van der Waals surface area contributed by atoms with Crippen molar-refractivity contribution in [2.45, 2.75) is 70.3 Å². The van der Waals surface area contributed by atoms with Crippen LogP contribution in [0.5, 0.6) is 0 Å². The number of anilines is 2. The first-order valence-electron chi connectivity index (χ1n) is 13.5. The molecule has 1 aliphatic heterocycles. The van der Waals surface area contributed by atoms with Gasteiger partial charge in [-0.05, 0) is 49.3 Å². The number of hydrogen-bond acceptors (Lipinski definition) is 11. The van der Waals surface area contributed by atoms with Gasteiger partial charge in [0.1, 0.15) is 24.1 Å². The number of nitrogen functional groups attached to an aromatic ring is 2. The number of rotatable bonds is 10. The summed E-state index contributed by atoms with van der Waals surface area (Å²) in [5, 5.41) is 22.4. The van der Waals surface area contributed by atoms with Crippen molar-refractivity contribution in [1.82, 2.24) is 23.8 Å². The highest BCUT2D eigenvalue weighted by molar-refractivity contribution is 7.88. The maximum absolute atomic E-state index is 12.6. The number of fused-ring (bicyclic) bond motifs is 1. The van der Waals surface area contributed by atoms with Crippen molar-refractivity contribution < 1.29 is 23.4 Å². The van der Waals surface area contributed by atoms with E-state index >= 15 is 0 Å². The Hall–Kier alpha value is -3.17. The lowest BCUT2D eigenvalue weighted by atomic mass is 9.87. The monoisotopic (exact) mass is 588 g/mol. The molecule has 2 aromatic heterocycles. The zero-order chi connectivity index (χ0) is 30.2. The number of unbranched alkanes of at least 4 members (excludes halogenated alkanes) is 1. The minimum Gasteiger partial charge on any atom is -0.397 e. The van der Waals surface area contributed by atoms with Gasteiger partial charge in [-0.2, -0.15) is 4.31 Å². The number of hydrogen-bond donors (Lipinski definition) is 4. The second-order valence-corrected chi connectivity index (χ2v) is 13.6. The number of aliphatic imine (C=N–C) groups is 1. The van der Waals surface area contributed by atoms with E-state index in [1.54, 1.807) is 0 Å². The van der Waals surface area contributed by atoms with E-state index < -0.39 is 28.0 Å². The van der Waals surface area contributed by atoms with Gasteiger partial charge in [-0.3, -0.25) is 9.56 Å². The molecule has 0 aliphatic carbocycles. The molecular weight excluding hydrogens is 548 g/mol. The standard InChI is InChI=1S/C27H40N8O5S/c1-17(33-20-10-9-18(12-19(20)28)26(2,3)4)8-6-7-11-34(41(5,38)39)13-21-23(36)27(37,14-40-21)35-16-32-22-24(29)30-15-31-25(22)35/h9-10,12,15-16,21,23,36-37H,6-8,11,13-14,28H2,1-5H3,(H2,29,30,31). The van der Waals surface area contributed by atoms with Crippen molar-refractivity contribution in [3.63, 3.8) is 0 Å². The second kappa shape index (κ2) is 11.6. The van der Waals surface area contributed by atoms with Gasteiger partial charge in [0.25, 0.3) is 0 Å². The number of aromatic nitrogens is 4. The van der Waals surface area contributed by atoms with Gasteiger partial charge >= 0.3 is 0 Å². The Morgan fingerprint density at radius 2 is 1.98 bits per heavy atom. The molecule has 3 aromatic rings. The fourth-order valence-corrected chi connectivity index (χ4v) is 5.73. The summed E-state index contributed by atoms with van der Waals surface area (Å²) in [5.41, 5.74) is 14.0. The van der Waals surface area contributed by atoms with Gasteiger partial charge < -0.3 is 26.4 Å². The minimum absolute atomic E-state index is 0.00745. The third kappa shape index (κ3) is 6.67. The first-order chi connectivity index (χ1) is 19.1. The lowest BCUT2D eigenvalue weighted by Crippen LogP contribution is -2.49. The maximum Gasteiger partial charge on any atom is 0.211 e. The van der Waals surface area contributed by atoms with Crippen LogP contribution in [0.3, 0.4) is 0 Å². The summed E-state index contributed by atoms with van der Waals surface area (Å²) in [6.45, 7) is 8.11. The molecule has 224 valence electrons. The van der Waals surface area contributed by atoms with Gasteiger partial charge in [-0.15, -0.1) is 0 Å². The number of sulfonamides is 1. The van der Waals surface area contributed by atoms with Gasteiger partial charge in [-0.1, -0.05) is 26.8 Å². The summed E-state index contributed by atoms with van der Waals surface area (Å²) >= 11 is 0. The molecule has 0 saturated carbocycles. The third-order valence-electron chi connectivity index (χ3n) is 7.37. The van der Waals surface area contributed by atoms with Gasteiger partial charge in [0.2, 0.25) is 10.0 Å². The van der Waals surface area contributed by atoms with Crippen LogP contribution in [-0.2, 0) is 25.9 Å². The summed E-state index contributed by atoms with van der Waals surface area (Å²) < 4.78 is 33.4. The smallest absolute Gasteiger partial charge is 0.211 e. The van der Waals surface area contributed by atoms with Crippen molar-refractivity contribution in [3.8, 4) is 0 Å². The quantitative estimate of drug-likeness (QED) is 0.154. The molecule has 6 N–H and O–H groups in total. The van der Waals surface area contributed by atoms with Crippen molar-refractivity contribution in [1.29, 1.82) is 0 Å². The zero-order valence-electron chi connectivity index (χ0n) is 24.1. The van der Waals surface area contributed by atoms with E-state index in [2.05, 4.69) is 40.7 Å². The topological polar surface area (TPSA) is 195 Å². The van der Waals surface area contributed by atoms with Crippen LogP contribution < -0.4 is 11.5 Å². The molecular formula is C27H40N8O5S. The summed E-state index contributed by atoms with van der Waals surface area (Å²) in [6, 6.07) is 5.91. The molecule has 3 unspecified atom stereocenters. The van der Waals surface area contributed by atoms with Gasteiger partial charge in [0, 0.05) is 18.8 Å². The highest BCUT2D eigenvalue weighted by atomic mass is 32.2. The van der Waals surface area contributed by atoms with E-state index in [1.165, 1.54) is 21.5 Å². The van der Waals surface area contributed by atoms with E-state index in [1.807, 2.05) is 25.1 Å². The Bertz CT molecular complexity index is 1530. The molecule has 1 fully saturated rings. The zero-order valence-corrected chi connectivity index (χ0v) is 25.0. The molecule has 3 heterocycles. The molecule has 1 saturated heterocycles. The van der Waals surface area contributed by atoms with Gasteiger partial charge in [0.05, 0.1) is 30.6 Å². The largest absolute Gasteiger partial charge is 0.397 e. The van der Waals surface area contributed by atoms with Crippen molar-refractivity contribution in [2.75, 3.05) is 37.4 Å². The molecule has 0 spiro atoms. The highest BCUT2D eigenvalue weighted by Gasteiger charge is 2.51. The van der Waals surface area contributed by atoms with Crippen molar-refractivity contribution >= 4 is 44.1 Å². The van der Waals surface area contributed by atoms with Crippen molar-refractivity contribution in [2.24, 2.45) is 4.99 Å².